The maximum Gasteiger partial charge on any atom is 0.159 e. The number of hydrogen-bond acceptors (Lipinski definition) is 4. The van der Waals surface area contributed by atoms with Crippen LogP contribution < -0.4 is 4.18 Å². The maximum atomic E-state index is 10.3. The second kappa shape index (κ2) is 9.37. The van der Waals surface area contributed by atoms with Gasteiger partial charge in [-0.1, -0.05) is 0 Å². The van der Waals surface area contributed by atoms with Crippen LogP contribution in [-0.2, 0) is 4.75 Å². The predicted octanol–water partition coefficient (Wildman–Crippen LogP) is 10.5. The van der Waals surface area contributed by atoms with Crippen LogP contribution in [0.4, 0.5) is 0 Å². The zero-order chi connectivity index (χ0) is 22.8. The summed E-state index contributed by atoms with van der Waals surface area (Å²) in [6, 6.07) is 7.43. The zero-order valence-electron chi connectivity index (χ0n) is 14.5. The van der Waals surface area contributed by atoms with E-state index in [0.29, 0.717) is 23.6 Å². The molecule has 1 aliphatic heterocycles. The van der Waals surface area contributed by atoms with Crippen LogP contribution in [0.15, 0.2) is 60.0 Å². The molecule has 0 saturated carbocycles. The lowest BCUT2D eigenvalue weighted by Crippen LogP contribution is -2.24. The Labute approximate surface area is 249 Å². The molecule has 0 spiro atoms. The summed E-state index contributed by atoms with van der Waals surface area (Å²) in [7, 11) is 0. The van der Waals surface area contributed by atoms with Crippen molar-refractivity contribution < 1.29 is 14.4 Å². The van der Waals surface area contributed by atoms with E-state index >= 15 is 0 Å². The van der Waals surface area contributed by atoms with Crippen LogP contribution in [0.25, 0.3) is 0 Å². The van der Waals surface area contributed by atoms with Crippen LogP contribution in [0.1, 0.15) is 16.7 Å². The van der Waals surface area contributed by atoms with Gasteiger partial charge in [0.25, 0.3) is 0 Å². The number of aromatic hydroxyl groups is 2. The number of phenolic OH excluding ortho intramolecular Hbond substituents is 2. The summed E-state index contributed by atoms with van der Waals surface area (Å²) >= 11 is 29.7. The average molecular weight is 954 g/mol. The molecule has 0 aliphatic carbocycles. The third kappa shape index (κ3) is 4.05. The van der Waals surface area contributed by atoms with Gasteiger partial charge in [0.1, 0.15) is 16.2 Å². The molecular weight excluding hydrogens is 948 g/mol. The fourth-order valence-corrected chi connectivity index (χ4v) is 9.39. The van der Waals surface area contributed by atoms with Crippen molar-refractivity contribution in [3.63, 3.8) is 0 Å². The minimum Gasteiger partial charge on any atom is -0.506 e. The van der Waals surface area contributed by atoms with Crippen LogP contribution in [0.5, 0.6) is 17.2 Å². The lowest BCUT2D eigenvalue weighted by Gasteiger charge is -2.30. The van der Waals surface area contributed by atoms with E-state index in [1.54, 1.807) is 0 Å². The smallest absolute Gasteiger partial charge is 0.159 e. The first-order valence-electron chi connectivity index (χ1n) is 8.09. The summed E-state index contributed by atoms with van der Waals surface area (Å²) in [5.74, 6) is 0.870. The van der Waals surface area contributed by atoms with Crippen LogP contribution in [0.3, 0.4) is 0 Å². The molecule has 0 amide bonds. The van der Waals surface area contributed by atoms with Gasteiger partial charge in [0, 0.05) is 14.5 Å². The summed E-state index contributed by atoms with van der Waals surface area (Å²) in [6.45, 7) is 0. The molecule has 0 bridgehead atoms. The van der Waals surface area contributed by atoms with Gasteiger partial charge in [-0.25, -0.2) is 0 Å². The first kappa shape index (κ1) is 25.3. The molecule has 0 saturated heterocycles. The molecule has 4 rings (SSSR count). The number of benzene rings is 3. The Hall–Kier alpha value is 1.25. The van der Waals surface area contributed by atoms with Crippen molar-refractivity contribution in [1.82, 2.24) is 0 Å². The monoisotopic (exact) mass is 945 g/mol. The molecule has 0 fully saturated rings. The zero-order valence-corrected chi connectivity index (χ0v) is 28.0. The molecule has 1 aliphatic rings. The van der Waals surface area contributed by atoms with E-state index in [1.165, 1.54) is 12.0 Å². The van der Waals surface area contributed by atoms with E-state index in [2.05, 4.69) is 127 Å². The first-order valence-corrected chi connectivity index (χ1v) is 15.2. The molecule has 3 aromatic carbocycles. The molecule has 3 nitrogen and oxygen atoms in total. The minimum absolute atomic E-state index is 0.105. The second-order valence-electron chi connectivity index (χ2n) is 6.38. The van der Waals surface area contributed by atoms with Crippen LogP contribution in [0, 0.1) is 0 Å². The van der Waals surface area contributed by atoms with Crippen molar-refractivity contribution in [2.24, 2.45) is 0 Å². The fourth-order valence-electron chi connectivity index (χ4n) is 3.24. The van der Waals surface area contributed by atoms with Crippen molar-refractivity contribution >= 4 is 139 Å². The van der Waals surface area contributed by atoms with E-state index in [-0.39, 0.29) is 11.5 Å². The topological polar surface area (TPSA) is 49.7 Å². The Morgan fingerprint density at radius 2 is 1.00 bits per heavy atom. The van der Waals surface area contributed by atoms with Gasteiger partial charge in [0.2, 0.25) is 0 Å². The van der Waals surface area contributed by atoms with E-state index in [0.717, 1.165) is 34.6 Å². The highest BCUT2D eigenvalue weighted by Crippen LogP contribution is 2.64. The van der Waals surface area contributed by atoms with Gasteiger partial charge in [0.15, 0.2) is 5.75 Å². The predicted molar refractivity (Wildman–Crippen MR) is 152 cm³/mol. The normalized spacial score (nSPS) is 14.5. The summed E-state index contributed by atoms with van der Waals surface area (Å²) in [5.41, 5.74) is 2.56. The van der Waals surface area contributed by atoms with E-state index in [9.17, 15) is 10.2 Å². The molecule has 1 heterocycles. The third-order valence-corrected chi connectivity index (χ3v) is 13.0. The van der Waals surface area contributed by atoms with Gasteiger partial charge in [-0.3, -0.25) is 0 Å². The fraction of sp³-hybridized carbons (Fsp3) is 0.0526. The highest BCUT2D eigenvalue weighted by molar-refractivity contribution is 9.15. The minimum atomic E-state index is -0.850. The SMILES string of the molecule is Oc1c(Br)cc(C2(c3cc(Br)c(O)c(Br)c3)SOc3c(Br)c(Br)c(Br)c(Br)c32)cc1Br. The number of fused-ring (bicyclic) bond motifs is 1. The second-order valence-corrected chi connectivity index (χ2v) is 13.9. The molecular formula is C19H6Br8O3S. The number of hydrogen-bond donors (Lipinski definition) is 2. The van der Waals surface area contributed by atoms with Gasteiger partial charge >= 0.3 is 0 Å². The summed E-state index contributed by atoms with van der Waals surface area (Å²) in [4.78, 5) is 0. The standard InChI is InChI=1S/C19H6Br8O3S/c20-7-1-5(2-8(21)16(7)28)19(6-3-9(22)17(29)10(23)4-6)11-12(24)13(25)14(26)15(27)18(11)30-31-19/h1-4,28-29H. The lowest BCUT2D eigenvalue weighted by molar-refractivity contribution is 0.468. The molecule has 12 heteroatoms. The van der Waals surface area contributed by atoms with Crippen LogP contribution >= 0.6 is 139 Å². The lowest BCUT2D eigenvalue weighted by atomic mass is 9.83. The van der Waals surface area contributed by atoms with E-state index < -0.39 is 4.75 Å². The van der Waals surface area contributed by atoms with E-state index in [4.69, 9.17) is 4.18 Å². The largest absolute Gasteiger partial charge is 0.506 e. The Balaban J connectivity index is 2.18. The van der Waals surface area contributed by atoms with Crippen LogP contribution in [0.2, 0.25) is 0 Å². The van der Waals surface area contributed by atoms with Gasteiger partial charge in [-0.2, -0.15) is 0 Å². The molecule has 0 unspecified atom stereocenters. The molecule has 2 N–H and O–H groups in total. The molecule has 31 heavy (non-hydrogen) atoms. The van der Waals surface area contributed by atoms with Crippen molar-refractivity contribution in [2.75, 3.05) is 0 Å². The molecule has 0 aromatic heterocycles. The number of halogens is 8. The van der Waals surface area contributed by atoms with Gasteiger partial charge in [-0.15, -0.1) is 0 Å². The Bertz CT molecular complexity index is 1160. The Morgan fingerprint density at radius 1 is 0.613 bits per heavy atom. The molecule has 3 aromatic rings. The van der Waals surface area contributed by atoms with Crippen molar-refractivity contribution in [2.45, 2.75) is 4.75 Å². The maximum absolute atomic E-state index is 10.3. The quantitative estimate of drug-likeness (QED) is 0.153. The van der Waals surface area contributed by atoms with Crippen molar-refractivity contribution in [3.8, 4) is 17.2 Å². The van der Waals surface area contributed by atoms with Gasteiger partial charge in [-0.05, 0) is 163 Å². The summed E-state index contributed by atoms with van der Waals surface area (Å²) in [6.07, 6.45) is 0. The molecule has 0 atom stereocenters. The summed E-state index contributed by atoms with van der Waals surface area (Å²) < 4.78 is 10.7. The highest BCUT2D eigenvalue weighted by atomic mass is 79.9. The van der Waals surface area contributed by atoms with E-state index in [1.807, 2.05) is 24.3 Å². The van der Waals surface area contributed by atoms with Crippen molar-refractivity contribution in [1.29, 1.82) is 0 Å². The number of phenols is 2. The highest BCUT2D eigenvalue weighted by Gasteiger charge is 2.50. The average Bonchev–Trinajstić information content (AvgIpc) is 3.13. The number of rotatable bonds is 2. The van der Waals surface area contributed by atoms with Gasteiger partial charge in [0.05, 0.1) is 38.9 Å². The molecule has 162 valence electrons. The van der Waals surface area contributed by atoms with Gasteiger partial charge < -0.3 is 14.4 Å². The molecule has 0 radical (unpaired) electrons. The Morgan fingerprint density at radius 3 is 1.42 bits per heavy atom. The van der Waals surface area contributed by atoms with Crippen molar-refractivity contribution in [3.05, 3.63) is 76.7 Å². The first-order chi connectivity index (χ1) is 14.5. The Kier molecular flexibility index (Phi) is 7.66. The van der Waals surface area contributed by atoms with Crippen LogP contribution in [-0.4, -0.2) is 10.2 Å². The third-order valence-electron chi connectivity index (χ3n) is 4.67. The summed E-state index contributed by atoms with van der Waals surface area (Å²) in [5, 5.41) is 20.6.